The van der Waals surface area contributed by atoms with Crippen LogP contribution in [0.25, 0.3) is 0 Å². The highest BCUT2D eigenvalue weighted by atomic mass is 79.9. The zero-order valence-corrected chi connectivity index (χ0v) is 20.9. The summed E-state index contributed by atoms with van der Waals surface area (Å²) in [6, 6.07) is 4.73. The van der Waals surface area contributed by atoms with E-state index in [1.807, 2.05) is 25.2 Å². The molecule has 1 N–H and O–H groups in total. The Balaban J connectivity index is 0.00000141. The number of fused-ring (bicyclic) bond motifs is 1. The summed E-state index contributed by atoms with van der Waals surface area (Å²) < 4.78 is 13.6. The van der Waals surface area contributed by atoms with Crippen molar-refractivity contribution < 1.29 is 9.18 Å². The third kappa shape index (κ3) is 7.23. The monoisotopic (exact) mass is 477 g/mol. The highest BCUT2D eigenvalue weighted by molar-refractivity contribution is 9.09. The normalized spacial score (nSPS) is 18.0. The standard InChI is InChI=1S/C23H29BrFNO.C3H8/c1-5-15(3)16(4)21(8-7-11-24)20(6-2)23(27)18-12-17-13-19(25)9-10-22(17)26-14-18;1-3-2/h6-10,13,15,18,26H,5,11-12,14H2,1-4H3;3H2,1-2H3/b8-7-,20-6+,21-16-;. The van der Waals surface area contributed by atoms with Crippen LogP contribution in [-0.2, 0) is 11.2 Å². The Hall–Kier alpha value is -1.68. The summed E-state index contributed by atoms with van der Waals surface area (Å²) in [6.45, 7) is 13.2. The number of nitrogens with one attached hydrogen (secondary N) is 1. The zero-order chi connectivity index (χ0) is 22.7. The van der Waals surface area contributed by atoms with Gasteiger partial charge in [-0.05, 0) is 61.9 Å². The molecule has 0 amide bonds. The quantitative estimate of drug-likeness (QED) is 0.248. The molecule has 166 valence electrons. The summed E-state index contributed by atoms with van der Waals surface area (Å²) in [6.07, 6.45) is 8.84. The average molecular weight is 478 g/mol. The second kappa shape index (κ2) is 13.6. The summed E-state index contributed by atoms with van der Waals surface area (Å²) in [5, 5.41) is 4.03. The summed E-state index contributed by atoms with van der Waals surface area (Å²) in [5.74, 6) is 0.0739. The number of alkyl halides is 1. The summed E-state index contributed by atoms with van der Waals surface area (Å²) in [4.78, 5) is 13.4. The molecular formula is C26H37BrFNO. The van der Waals surface area contributed by atoms with Crippen molar-refractivity contribution in [3.05, 3.63) is 64.5 Å². The van der Waals surface area contributed by atoms with Crippen LogP contribution in [0.2, 0.25) is 0 Å². The molecular weight excluding hydrogens is 441 g/mol. The number of hydrogen-bond donors (Lipinski definition) is 1. The minimum absolute atomic E-state index is 0.122. The maximum Gasteiger partial charge on any atom is 0.168 e. The van der Waals surface area contributed by atoms with Gasteiger partial charge in [0, 0.05) is 29.1 Å². The van der Waals surface area contributed by atoms with Gasteiger partial charge in [0.2, 0.25) is 0 Å². The molecule has 1 aromatic carbocycles. The molecule has 0 saturated heterocycles. The highest BCUT2D eigenvalue weighted by Crippen LogP contribution is 2.31. The first kappa shape index (κ1) is 26.4. The molecule has 2 rings (SSSR count). The van der Waals surface area contributed by atoms with Crippen LogP contribution in [0, 0.1) is 17.7 Å². The molecule has 1 heterocycles. The lowest BCUT2D eigenvalue weighted by Crippen LogP contribution is -2.31. The maximum absolute atomic E-state index is 13.6. The Morgan fingerprint density at radius 1 is 1.33 bits per heavy atom. The number of anilines is 1. The first-order valence-corrected chi connectivity index (χ1v) is 12.1. The molecule has 0 bridgehead atoms. The lowest BCUT2D eigenvalue weighted by Gasteiger charge is -2.27. The van der Waals surface area contributed by atoms with Gasteiger partial charge < -0.3 is 5.32 Å². The summed E-state index contributed by atoms with van der Waals surface area (Å²) in [5.41, 5.74) is 4.80. The topological polar surface area (TPSA) is 29.1 Å². The van der Waals surface area contributed by atoms with Crippen molar-refractivity contribution in [1.29, 1.82) is 0 Å². The van der Waals surface area contributed by atoms with Crippen molar-refractivity contribution in [3.8, 4) is 0 Å². The van der Waals surface area contributed by atoms with Gasteiger partial charge in [-0.2, -0.15) is 0 Å². The zero-order valence-electron chi connectivity index (χ0n) is 19.3. The molecule has 1 aromatic rings. The number of hydrogen-bond acceptors (Lipinski definition) is 2. The van der Waals surface area contributed by atoms with Crippen LogP contribution < -0.4 is 5.32 Å². The molecule has 0 saturated carbocycles. The number of ketones is 1. The Kier molecular flexibility index (Phi) is 11.9. The number of rotatable bonds is 7. The number of benzene rings is 1. The molecule has 2 atom stereocenters. The smallest absolute Gasteiger partial charge is 0.168 e. The molecule has 0 aromatic heterocycles. The first-order chi connectivity index (χ1) is 14.3. The van der Waals surface area contributed by atoms with Crippen LogP contribution in [0.5, 0.6) is 0 Å². The number of carbonyl (C=O) groups excluding carboxylic acids is 1. The van der Waals surface area contributed by atoms with Gasteiger partial charge in [0.1, 0.15) is 5.82 Å². The van der Waals surface area contributed by atoms with Crippen LogP contribution in [0.4, 0.5) is 10.1 Å². The third-order valence-electron chi connectivity index (χ3n) is 5.44. The predicted molar refractivity (Wildman–Crippen MR) is 132 cm³/mol. The molecule has 4 heteroatoms. The van der Waals surface area contributed by atoms with Gasteiger partial charge in [-0.25, -0.2) is 4.39 Å². The fourth-order valence-electron chi connectivity index (χ4n) is 3.48. The summed E-state index contributed by atoms with van der Waals surface area (Å²) >= 11 is 3.43. The van der Waals surface area contributed by atoms with E-state index in [2.05, 4.69) is 55.9 Å². The predicted octanol–water partition coefficient (Wildman–Crippen LogP) is 7.66. The fourth-order valence-corrected chi connectivity index (χ4v) is 3.66. The van der Waals surface area contributed by atoms with Crippen molar-refractivity contribution in [2.45, 2.75) is 60.8 Å². The van der Waals surface area contributed by atoms with Crippen LogP contribution >= 0.6 is 15.9 Å². The number of Topliss-reactive ketones (excluding diaryl/α,β-unsaturated/α-hetero) is 1. The van der Waals surface area contributed by atoms with Crippen molar-refractivity contribution in [2.24, 2.45) is 11.8 Å². The van der Waals surface area contributed by atoms with E-state index in [-0.39, 0.29) is 17.5 Å². The van der Waals surface area contributed by atoms with Crippen LogP contribution in [0.1, 0.15) is 59.9 Å². The van der Waals surface area contributed by atoms with Crippen LogP contribution in [0.3, 0.4) is 0 Å². The molecule has 0 radical (unpaired) electrons. The second-order valence-corrected chi connectivity index (χ2v) is 8.47. The van der Waals surface area contributed by atoms with E-state index in [0.717, 1.165) is 34.1 Å². The van der Waals surface area contributed by atoms with Gasteiger partial charge in [-0.1, -0.05) is 73.8 Å². The third-order valence-corrected chi connectivity index (χ3v) is 5.81. The lowest BCUT2D eigenvalue weighted by molar-refractivity contribution is -0.118. The Bertz CT molecular complexity index is 794. The van der Waals surface area contributed by atoms with E-state index >= 15 is 0 Å². The van der Waals surface area contributed by atoms with Gasteiger partial charge in [0.15, 0.2) is 5.78 Å². The van der Waals surface area contributed by atoms with Gasteiger partial charge in [0.05, 0.1) is 0 Å². The van der Waals surface area contributed by atoms with E-state index < -0.39 is 0 Å². The molecule has 1 aliphatic heterocycles. The van der Waals surface area contributed by atoms with Gasteiger partial charge >= 0.3 is 0 Å². The van der Waals surface area contributed by atoms with Crippen LogP contribution in [0.15, 0.2) is 53.1 Å². The van der Waals surface area contributed by atoms with Gasteiger partial charge in [-0.3, -0.25) is 4.79 Å². The summed E-state index contributed by atoms with van der Waals surface area (Å²) in [7, 11) is 0. The number of carbonyl (C=O) groups is 1. The SMILES string of the molecule is CCC.C\C=C(C(=O)C1CNc2ccc(F)cc2C1)/C(/C=C\CBr)=C(/C)C(C)CC. The average Bonchev–Trinajstić information content (AvgIpc) is 2.75. The molecule has 2 nitrogen and oxygen atoms in total. The van der Waals surface area contributed by atoms with E-state index in [4.69, 9.17) is 0 Å². The van der Waals surface area contributed by atoms with E-state index in [1.54, 1.807) is 6.07 Å². The Morgan fingerprint density at radius 2 is 2.00 bits per heavy atom. The van der Waals surface area contributed by atoms with Crippen molar-refractivity contribution in [1.82, 2.24) is 0 Å². The molecule has 0 fully saturated rings. The molecule has 1 aliphatic rings. The minimum atomic E-state index is -0.261. The Morgan fingerprint density at radius 3 is 2.57 bits per heavy atom. The van der Waals surface area contributed by atoms with Crippen molar-refractivity contribution in [3.63, 3.8) is 0 Å². The molecule has 30 heavy (non-hydrogen) atoms. The highest BCUT2D eigenvalue weighted by Gasteiger charge is 2.28. The Labute approximate surface area is 190 Å². The number of halogens is 2. The largest absolute Gasteiger partial charge is 0.384 e. The van der Waals surface area contributed by atoms with E-state index in [9.17, 15) is 9.18 Å². The van der Waals surface area contributed by atoms with Gasteiger partial charge in [-0.15, -0.1) is 0 Å². The first-order valence-electron chi connectivity index (χ1n) is 11.0. The molecule has 2 unspecified atom stereocenters. The second-order valence-electron chi connectivity index (χ2n) is 7.82. The molecule has 0 spiro atoms. The van der Waals surface area contributed by atoms with Crippen LogP contribution in [-0.4, -0.2) is 17.7 Å². The van der Waals surface area contributed by atoms with E-state index in [1.165, 1.54) is 24.1 Å². The lowest BCUT2D eigenvalue weighted by atomic mass is 9.82. The molecule has 0 aliphatic carbocycles. The van der Waals surface area contributed by atoms with Gasteiger partial charge in [0.25, 0.3) is 0 Å². The maximum atomic E-state index is 13.6. The minimum Gasteiger partial charge on any atom is -0.384 e. The van der Waals surface area contributed by atoms with E-state index in [0.29, 0.717) is 18.9 Å². The number of allylic oxidation sites excluding steroid dienone is 6. The fraction of sp³-hybridized carbons (Fsp3) is 0.500. The van der Waals surface area contributed by atoms with Crippen molar-refractivity contribution >= 4 is 27.4 Å². The van der Waals surface area contributed by atoms with Crippen molar-refractivity contribution in [2.75, 3.05) is 17.2 Å².